The minimum Gasteiger partial charge on any atom is -0.310 e. The van der Waals surface area contributed by atoms with Crippen molar-refractivity contribution in [2.45, 2.75) is 19.4 Å². The number of nitrogens with one attached hydrogen (secondary N) is 1. The van der Waals surface area contributed by atoms with Gasteiger partial charge in [-0.25, -0.2) is 0 Å². The largest absolute Gasteiger partial charge is 0.310 e. The molecule has 0 radical (unpaired) electrons. The van der Waals surface area contributed by atoms with Gasteiger partial charge >= 0.3 is 0 Å². The molecule has 0 spiro atoms. The van der Waals surface area contributed by atoms with E-state index in [4.69, 9.17) is 11.6 Å². The molecule has 0 aliphatic rings. The number of nitrogens with zero attached hydrogens (tertiary/aromatic N) is 2. The van der Waals surface area contributed by atoms with Crippen molar-refractivity contribution in [2.75, 3.05) is 6.54 Å². The van der Waals surface area contributed by atoms with Gasteiger partial charge in [-0.1, -0.05) is 23.7 Å². The Labute approximate surface area is 113 Å². The molecular formula is C14H18ClN3. The molecular weight excluding hydrogens is 246 g/mol. The van der Waals surface area contributed by atoms with Gasteiger partial charge in [0.1, 0.15) is 0 Å². The molecule has 0 aliphatic carbocycles. The van der Waals surface area contributed by atoms with Crippen LogP contribution in [-0.2, 0) is 13.5 Å². The Balaban J connectivity index is 1.83. The van der Waals surface area contributed by atoms with Crippen molar-refractivity contribution in [1.82, 2.24) is 15.1 Å². The lowest BCUT2D eigenvalue weighted by molar-refractivity contribution is 0.577. The van der Waals surface area contributed by atoms with Crippen LogP contribution in [0.4, 0.5) is 0 Å². The Morgan fingerprint density at radius 3 is 2.94 bits per heavy atom. The molecule has 18 heavy (non-hydrogen) atoms. The lowest BCUT2D eigenvalue weighted by atomic mass is 10.1. The Bertz CT molecular complexity index is 507. The summed E-state index contributed by atoms with van der Waals surface area (Å²) < 4.78 is 1.83. The minimum absolute atomic E-state index is 0.306. The monoisotopic (exact) mass is 263 g/mol. The molecule has 0 bridgehead atoms. The number of aromatic nitrogens is 2. The SMILES string of the molecule is C[C@@H](NCCc1cnn(C)c1)c1cccc(Cl)c1. The standard InChI is InChI=1S/C14H18ClN3/c1-11(13-4-3-5-14(15)8-13)16-7-6-12-9-17-18(2)10-12/h3-5,8-11,16H,6-7H2,1-2H3/t11-/m1/s1. The summed E-state index contributed by atoms with van der Waals surface area (Å²) in [7, 11) is 1.94. The first-order valence-electron chi connectivity index (χ1n) is 6.11. The Hall–Kier alpha value is -1.32. The zero-order valence-corrected chi connectivity index (χ0v) is 11.5. The topological polar surface area (TPSA) is 29.9 Å². The van der Waals surface area contributed by atoms with Crippen molar-refractivity contribution in [2.24, 2.45) is 7.05 Å². The van der Waals surface area contributed by atoms with Crippen molar-refractivity contribution in [3.05, 3.63) is 52.8 Å². The number of aryl methyl sites for hydroxylation is 1. The Morgan fingerprint density at radius 1 is 1.44 bits per heavy atom. The number of hydrogen-bond donors (Lipinski definition) is 1. The fourth-order valence-corrected chi connectivity index (χ4v) is 2.13. The van der Waals surface area contributed by atoms with Gasteiger partial charge in [-0.15, -0.1) is 0 Å². The van der Waals surface area contributed by atoms with E-state index in [1.165, 1.54) is 11.1 Å². The smallest absolute Gasteiger partial charge is 0.0522 e. The molecule has 1 aromatic heterocycles. The van der Waals surface area contributed by atoms with Crippen molar-refractivity contribution in [1.29, 1.82) is 0 Å². The number of rotatable bonds is 5. The molecule has 0 saturated heterocycles. The van der Waals surface area contributed by atoms with Crippen molar-refractivity contribution in [3.63, 3.8) is 0 Å². The fraction of sp³-hybridized carbons (Fsp3) is 0.357. The van der Waals surface area contributed by atoms with Gasteiger partial charge < -0.3 is 5.32 Å². The van der Waals surface area contributed by atoms with E-state index in [9.17, 15) is 0 Å². The quantitative estimate of drug-likeness (QED) is 0.899. The summed E-state index contributed by atoms with van der Waals surface area (Å²) in [5.74, 6) is 0. The number of benzene rings is 1. The van der Waals surface area contributed by atoms with Crippen LogP contribution >= 0.6 is 11.6 Å². The molecule has 0 fully saturated rings. The third-order valence-corrected chi connectivity index (χ3v) is 3.21. The molecule has 1 heterocycles. The van der Waals surface area contributed by atoms with Crippen LogP contribution in [0.1, 0.15) is 24.1 Å². The summed E-state index contributed by atoms with van der Waals surface area (Å²) >= 11 is 5.98. The van der Waals surface area contributed by atoms with Gasteiger partial charge in [-0.05, 0) is 43.1 Å². The highest BCUT2D eigenvalue weighted by atomic mass is 35.5. The van der Waals surface area contributed by atoms with Gasteiger partial charge in [0, 0.05) is 24.3 Å². The molecule has 0 aliphatic heterocycles. The molecule has 2 aromatic rings. The molecule has 0 amide bonds. The molecule has 0 saturated carbocycles. The lowest BCUT2D eigenvalue weighted by Gasteiger charge is -2.14. The second kappa shape index (κ2) is 6.03. The molecule has 1 aromatic carbocycles. The van der Waals surface area contributed by atoms with E-state index in [1.54, 1.807) is 0 Å². The van der Waals surface area contributed by atoms with Gasteiger partial charge in [0.2, 0.25) is 0 Å². The number of halogens is 1. The van der Waals surface area contributed by atoms with Crippen LogP contribution in [0.2, 0.25) is 5.02 Å². The lowest BCUT2D eigenvalue weighted by Crippen LogP contribution is -2.21. The van der Waals surface area contributed by atoms with E-state index in [0.717, 1.165) is 18.0 Å². The summed E-state index contributed by atoms with van der Waals surface area (Å²) in [5.41, 5.74) is 2.47. The maximum Gasteiger partial charge on any atom is 0.0522 e. The zero-order valence-electron chi connectivity index (χ0n) is 10.7. The van der Waals surface area contributed by atoms with E-state index in [-0.39, 0.29) is 0 Å². The van der Waals surface area contributed by atoms with Crippen LogP contribution in [-0.4, -0.2) is 16.3 Å². The summed E-state index contributed by atoms with van der Waals surface area (Å²) in [4.78, 5) is 0. The van der Waals surface area contributed by atoms with Crippen LogP contribution in [0.5, 0.6) is 0 Å². The molecule has 96 valence electrons. The maximum atomic E-state index is 5.98. The van der Waals surface area contributed by atoms with E-state index in [0.29, 0.717) is 6.04 Å². The normalized spacial score (nSPS) is 12.6. The summed E-state index contributed by atoms with van der Waals surface area (Å²) in [6.45, 7) is 3.08. The Morgan fingerprint density at radius 2 is 2.28 bits per heavy atom. The predicted molar refractivity (Wildman–Crippen MR) is 74.8 cm³/mol. The summed E-state index contributed by atoms with van der Waals surface area (Å²) in [5, 5.41) is 8.43. The van der Waals surface area contributed by atoms with Crippen LogP contribution in [0, 0.1) is 0 Å². The van der Waals surface area contributed by atoms with Crippen LogP contribution < -0.4 is 5.32 Å². The second-order valence-electron chi connectivity index (χ2n) is 4.50. The van der Waals surface area contributed by atoms with Crippen molar-refractivity contribution < 1.29 is 0 Å². The Kier molecular flexibility index (Phi) is 4.39. The van der Waals surface area contributed by atoms with Gasteiger partial charge in [-0.2, -0.15) is 5.10 Å². The number of hydrogen-bond acceptors (Lipinski definition) is 2. The highest BCUT2D eigenvalue weighted by molar-refractivity contribution is 6.30. The average Bonchev–Trinajstić information content (AvgIpc) is 2.75. The van der Waals surface area contributed by atoms with Crippen LogP contribution in [0.25, 0.3) is 0 Å². The molecule has 2 rings (SSSR count). The van der Waals surface area contributed by atoms with Crippen molar-refractivity contribution in [3.8, 4) is 0 Å². The first-order chi connectivity index (χ1) is 8.65. The predicted octanol–water partition coefficient (Wildman–Crippen LogP) is 2.97. The maximum absolute atomic E-state index is 5.98. The van der Waals surface area contributed by atoms with Gasteiger partial charge in [0.25, 0.3) is 0 Å². The summed E-state index contributed by atoms with van der Waals surface area (Å²) in [6.07, 6.45) is 4.94. The zero-order chi connectivity index (χ0) is 13.0. The molecule has 0 unspecified atom stereocenters. The first kappa shape index (κ1) is 13.1. The molecule has 3 nitrogen and oxygen atoms in total. The van der Waals surface area contributed by atoms with Gasteiger partial charge in [0.15, 0.2) is 0 Å². The van der Waals surface area contributed by atoms with Crippen molar-refractivity contribution >= 4 is 11.6 Å². The molecule has 4 heteroatoms. The second-order valence-corrected chi connectivity index (χ2v) is 4.94. The molecule has 1 N–H and O–H groups in total. The third-order valence-electron chi connectivity index (χ3n) is 2.97. The van der Waals surface area contributed by atoms with E-state index < -0.39 is 0 Å². The van der Waals surface area contributed by atoms with E-state index in [1.807, 2.05) is 42.3 Å². The molecule has 1 atom stereocenters. The third kappa shape index (κ3) is 3.59. The average molecular weight is 264 g/mol. The minimum atomic E-state index is 0.306. The highest BCUT2D eigenvalue weighted by Crippen LogP contribution is 2.17. The first-order valence-corrected chi connectivity index (χ1v) is 6.49. The van der Waals surface area contributed by atoms with Gasteiger partial charge in [-0.3, -0.25) is 4.68 Å². The fourth-order valence-electron chi connectivity index (χ4n) is 1.93. The summed E-state index contributed by atoms with van der Waals surface area (Å²) in [6, 6.07) is 8.28. The van der Waals surface area contributed by atoms with Crippen LogP contribution in [0.3, 0.4) is 0 Å². The van der Waals surface area contributed by atoms with Gasteiger partial charge in [0.05, 0.1) is 6.20 Å². The van der Waals surface area contributed by atoms with E-state index >= 15 is 0 Å². The highest BCUT2D eigenvalue weighted by Gasteiger charge is 2.05. The van der Waals surface area contributed by atoms with E-state index in [2.05, 4.69) is 23.4 Å². The van der Waals surface area contributed by atoms with Crippen LogP contribution in [0.15, 0.2) is 36.7 Å².